The summed E-state index contributed by atoms with van der Waals surface area (Å²) in [5, 5.41) is 29.2. The lowest BCUT2D eigenvalue weighted by molar-refractivity contribution is -0.337. The molecule has 0 saturated heterocycles. The fourth-order valence-corrected chi connectivity index (χ4v) is 1.99. The van der Waals surface area contributed by atoms with Gasteiger partial charge in [0.1, 0.15) is 19.3 Å². The van der Waals surface area contributed by atoms with E-state index in [1.165, 1.54) is 0 Å². The number of rotatable bonds is 12. The molecule has 3 atom stereocenters. The second-order valence-electron chi connectivity index (χ2n) is 5.72. The number of carbonyl (C=O) groups is 4. The van der Waals surface area contributed by atoms with Gasteiger partial charge in [-0.15, -0.1) is 0 Å². The number of aliphatic hydroxyl groups excluding tert-OH is 1. The Balaban J connectivity index is 5.39. The molecule has 3 N–H and O–H groups in total. The van der Waals surface area contributed by atoms with E-state index in [9.17, 15) is 34.5 Å². The fourth-order valence-electron chi connectivity index (χ4n) is 1.99. The molecule has 11 nitrogen and oxygen atoms in total. The molecule has 0 unspecified atom stereocenters. The molecule has 0 aromatic carbocycles. The molecule has 0 bridgehead atoms. The van der Waals surface area contributed by atoms with Crippen LogP contribution in [0.25, 0.3) is 0 Å². The summed E-state index contributed by atoms with van der Waals surface area (Å²) < 4.78 is 19.0. The highest BCUT2D eigenvalue weighted by molar-refractivity contribution is 5.87. The summed E-state index contributed by atoms with van der Waals surface area (Å²) in [4.78, 5) is 45.9. The minimum absolute atomic E-state index is 0.193. The van der Waals surface area contributed by atoms with Crippen LogP contribution < -0.4 is 0 Å². The van der Waals surface area contributed by atoms with E-state index in [1.54, 1.807) is 6.92 Å². The molecule has 0 rings (SSSR count). The predicted octanol–water partition coefficient (Wildman–Crippen LogP) is -1.20. The number of hydrogen-bond acceptors (Lipinski definition) is 11. The average molecular weight is 394 g/mol. The lowest BCUT2D eigenvalue weighted by Gasteiger charge is -2.29. The van der Waals surface area contributed by atoms with Crippen molar-refractivity contribution < 1.29 is 53.4 Å². The number of esters is 3. The van der Waals surface area contributed by atoms with Crippen molar-refractivity contribution >= 4 is 23.7 Å². The van der Waals surface area contributed by atoms with Gasteiger partial charge in [0.15, 0.2) is 6.10 Å². The second-order valence-corrected chi connectivity index (χ2v) is 5.72. The van der Waals surface area contributed by atoms with Crippen LogP contribution in [0.5, 0.6) is 0 Å². The highest BCUT2D eigenvalue weighted by Crippen LogP contribution is 2.16. The second kappa shape index (κ2) is 11.6. The number of ketones is 1. The summed E-state index contributed by atoms with van der Waals surface area (Å²) in [5.74, 6) is -6.17. The van der Waals surface area contributed by atoms with E-state index in [-0.39, 0.29) is 6.42 Å². The van der Waals surface area contributed by atoms with Crippen LogP contribution >= 0.6 is 0 Å². The molecule has 0 aliphatic rings. The minimum Gasteiger partial charge on any atom is -0.463 e. The van der Waals surface area contributed by atoms with Gasteiger partial charge in [-0.3, -0.25) is 19.2 Å². The van der Waals surface area contributed by atoms with Crippen LogP contribution in [0, 0.1) is 0 Å². The molecule has 0 aromatic heterocycles. The SMILES string of the molecule is CCCC(O)(O)OCC(=O)[C@@H](OC(C)=O)[C@H](OC(C)=O)[C@H](O)COC(C)=O. The van der Waals surface area contributed by atoms with Gasteiger partial charge in [0.2, 0.25) is 11.9 Å². The molecule has 156 valence electrons. The van der Waals surface area contributed by atoms with Crippen molar-refractivity contribution in [3.8, 4) is 0 Å². The van der Waals surface area contributed by atoms with Gasteiger partial charge in [-0.1, -0.05) is 6.92 Å². The van der Waals surface area contributed by atoms with Crippen molar-refractivity contribution in [3.05, 3.63) is 0 Å². The first-order chi connectivity index (χ1) is 12.4. The Bertz CT molecular complexity index is 528. The van der Waals surface area contributed by atoms with E-state index < -0.39 is 61.2 Å². The number of aliphatic hydroxyl groups is 3. The van der Waals surface area contributed by atoms with E-state index in [0.717, 1.165) is 20.8 Å². The minimum atomic E-state index is -2.58. The van der Waals surface area contributed by atoms with E-state index in [1.807, 2.05) is 0 Å². The Morgan fingerprint density at radius 1 is 0.963 bits per heavy atom. The van der Waals surface area contributed by atoms with Crippen molar-refractivity contribution in [3.63, 3.8) is 0 Å². The maximum Gasteiger partial charge on any atom is 0.303 e. The molecule has 0 aliphatic heterocycles. The van der Waals surface area contributed by atoms with Crippen LogP contribution in [0.3, 0.4) is 0 Å². The smallest absolute Gasteiger partial charge is 0.303 e. The van der Waals surface area contributed by atoms with Gasteiger partial charge < -0.3 is 34.3 Å². The third-order valence-corrected chi connectivity index (χ3v) is 3.07. The highest BCUT2D eigenvalue weighted by atomic mass is 16.8. The van der Waals surface area contributed by atoms with Gasteiger partial charge in [0, 0.05) is 27.2 Å². The van der Waals surface area contributed by atoms with Gasteiger partial charge in [0.05, 0.1) is 0 Å². The van der Waals surface area contributed by atoms with Crippen LogP contribution in [0.1, 0.15) is 40.5 Å². The molecular weight excluding hydrogens is 368 g/mol. The van der Waals surface area contributed by atoms with Crippen molar-refractivity contribution in [1.29, 1.82) is 0 Å². The Labute approximate surface area is 156 Å². The van der Waals surface area contributed by atoms with Gasteiger partial charge in [0.25, 0.3) is 5.97 Å². The average Bonchev–Trinajstić information content (AvgIpc) is 2.53. The molecule has 0 amide bonds. The first-order valence-electron chi connectivity index (χ1n) is 8.16. The third kappa shape index (κ3) is 10.6. The summed E-state index contributed by atoms with van der Waals surface area (Å²) >= 11 is 0. The highest BCUT2D eigenvalue weighted by Gasteiger charge is 2.40. The summed E-state index contributed by atoms with van der Waals surface area (Å²) in [5.41, 5.74) is 0. The lowest BCUT2D eigenvalue weighted by atomic mass is 10.0. The van der Waals surface area contributed by atoms with Gasteiger partial charge in [-0.25, -0.2) is 0 Å². The van der Waals surface area contributed by atoms with Crippen molar-refractivity contribution in [1.82, 2.24) is 0 Å². The first-order valence-corrected chi connectivity index (χ1v) is 8.16. The van der Waals surface area contributed by atoms with E-state index in [0.29, 0.717) is 6.42 Å². The van der Waals surface area contributed by atoms with Crippen LogP contribution in [0.15, 0.2) is 0 Å². The maximum absolute atomic E-state index is 12.4. The Hall–Kier alpha value is -2.08. The number of hydrogen-bond donors (Lipinski definition) is 3. The number of Topliss-reactive ketones (excluding diaryl/α,β-unsaturated/α-hetero) is 1. The van der Waals surface area contributed by atoms with Crippen LogP contribution in [-0.2, 0) is 38.1 Å². The normalized spacial score (nSPS) is 14.6. The monoisotopic (exact) mass is 394 g/mol. The van der Waals surface area contributed by atoms with Crippen molar-refractivity contribution in [2.45, 2.75) is 64.8 Å². The molecule has 0 heterocycles. The summed E-state index contributed by atoms with van der Waals surface area (Å²) in [6.45, 7) is 3.14. The largest absolute Gasteiger partial charge is 0.463 e. The van der Waals surface area contributed by atoms with E-state index in [2.05, 4.69) is 4.74 Å². The standard InChI is InChI=1S/C16H26O11/c1-5-6-16(22,23)25-8-13(21)15(27-11(4)19)14(26-10(3)18)12(20)7-24-9(2)17/h12,14-15,20,22-23H,5-8H2,1-4H3/t12-,14-,15-/m1/s1. The van der Waals surface area contributed by atoms with Crippen LogP contribution in [0.4, 0.5) is 0 Å². The summed E-state index contributed by atoms with van der Waals surface area (Å²) in [6, 6.07) is 0. The zero-order valence-electron chi connectivity index (χ0n) is 15.7. The molecule has 0 aliphatic carbocycles. The van der Waals surface area contributed by atoms with E-state index >= 15 is 0 Å². The molecule has 0 saturated carbocycles. The quantitative estimate of drug-likeness (QED) is 0.207. The van der Waals surface area contributed by atoms with Gasteiger partial charge in [-0.05, 0) is 6.42 Å². The zero-order valence-corrected chi connectivity index (χ0v) is 15.7. The zero-order chi connectivity index (χ0) is 21.2. The summed E-state index contributed by atoms with van der Waals surface area (Å²) in [6.07, 6.45) is -5.09. The lowest BCUT2D eigenvalue weighted by Crippen LogP contribution is -2.50. The first kappa shape index (κ1) is 24.9. The molecule has 0 fully saturated rings. The maximum atomic E-state index is 12.4. The molecule has 11 heteroatoms. The fraction of sp³-hybridized carbons (Fsp3) is 0.750. The summed E-state index contributed by atoms with van der Waals surface area (Å²) in [7, 11) is 0. The topological polar surface area (TPSA) is 166 Å². The molecular formula is C16H26O11. The van der Waals surface area contributed by atoms with Crippen LogP contribution in [0.2, 0.25) is 0 Å². The molecule has 0 radical (unpaired) electrons. The Morgan fingerprint density at radius 2 is 1.52 bits per heavy atom. The third-order valence-electron chi connectivity index (χ3n) is 3.07. The number of ether oxygens (including phenoxy) is 4. The van der Waals surface area contributed by atoms with Crippen molar-refractivity contribution in [2.24, 2.45) is 0 Å². The number of carbonyl (C=O) groups excluding carboxylic acids is 4. The van der Waals surface area contributed by atoms with Crippen molar-refractivity contribution in [2.75, 3.05) is 13.2 Å². The molecule has 27 heavy (non-hydrogen) atoms. The van der Waals surface area contributed by atoms with Crippen LogP contribution in [-0.4, -0.2) is 76.5 Å². The molecule has 0 spiro atoms. The Kier molecular flexibility index (Phi) is 10.7. The van der Waals surface area contributed by atoms with E-state index in [4.69, 9.17) is 14.2 Å². The van der Waals surface area contributed by atoms with Gasteiger partial charge in [-0.2, -0.15) is 0 Å². The molecule has 0 aromatic rings. The van der Waals surface area contributed by atoms with Gasteiger partial charge >= 0.3 is 17.9 Å². The Morgan fingerprint density at radius 3 is 1.96 bits per heavy atom. The predicted molar refractivity (Wildman–Crippen MR) is 86.8 cm³/mol.